The molecular weight excluding hydrogens is 366 g/mol. The molecule has 1 atom stereocenters. The van der Waals surface area contributed by atoms with Gasteiger partial charge in [0.15, 0.2) is 0 Å². The average molecular weight is 394 g/mol. The summed E-state index contributed by atoms with van der Waals surface area (Å²) >= 11 is 0. The minimum Gasteiger partial charge on any atom is -0.339 e. The largest absolute Gasteiger partial charge is 0.339 e. The molecule has 3 rings (SSSR count). The highest BCUT2D eigenvalue weighted by Gasteiger charge is 2.35. The third-order valence-electron chi connectivity index (χ3n) is 5.29. The lowest BCUT2D eigenvalue weighted by Gasteiger charge is -2.21. The predicted molar refractivity (Wildman–Crippen MR) is 103 cm³/mol. The molecule has 27 heavy (non-hydrogen) atoms. The minimum atomic E-state index is -3.56. The van der Waals surface area contributed by atoms with Crippen LogP contribution in [0.25, 0.3) is 0 Å². The molecule has 0 aromatic heterocycles. The number of hydrogen-bond donors (Lipinski definition) is 1. The van der Waals surface area contributed by atoms with Gasteiger partial charge in [-0.05, 0) is 51.3 Å². The monoisotopic (exact) mass is 393 g/mol. The maximum absolute atomic E-state index is 12.9. The summed E-state index contributed by atoms with van der Waals surface area (Å²) < 4.78 is 27.2. The van der Waals surface area contributed by atoms with Crippen LogP contribution >= 0.6 is 0 Å². The number of benzene rings is 1. The molecule has 1 aromatic rings. The second-order valence-electron chi connectivity index (χ2n) is 7.62. The Kier molecular flexibility index (Phi) is 5.58. The van der Waals surface area contributed by atoms with E-state index in [1.807, 2.05) is 13.8 Å². The molecule has 0 spiro atoms. The van der Waals surface area contributed by atoms with Crippen LogP contribution in [0.4, 0.5) is 5.69 Å². The summed E-state index contributed by atoms with van der Waals surface area (Å²) in [6.45, 7) is 7.07. The molecule has 0 radical (unpaired) electrons. The lowest BCUT2D eigenvalue weighted by molar-refractivity contribution is -0.129. The predicted octanol–water partition coefficient (Wildman–Crippen LogP) is 1.97. The van der Waals surface area contributed by atoms with Crippen molar-refractivity contribution in [3.8, 4) is 0 Å². The minimum absolute atomic E-state index is 0.0219. The first-order valence-electron chi connectivity index (χ1n) is 9.41. The number of nitrogens with zero attached hydrogens (tertiary/aromatic N) is 2. The molecule has 0 bridgehead atoms. The van der Waals surface area contributed by atoms with Gasteiger partial charge in [-0.3, -0.25) is 9.59 Å². The van der Waals surface area contributed by atoms with Crippen LogP contribution in [-0.2, 0) is 19.6 Å². The fourth-order valence-corrected chi connectivity index (χ4v) is 5.44. The fraction of sp³-hybridized carbons (Fsp3) is 0.579. The standard InChI is InChI=1S/C19H27N3O4S/c1-13(2)22-12-15(10-18(22)23)19(24)20-16-7-6-14(3)17(11-16)27(25,26)21-8-4-5-9-21/h6-7,11,13,15H,4-5,8-10,12H2,1-3H3,(H,20,24)/t15-/m0/s1. The first-order chi connectivity index (χ1) is 12.7. The van der Waals surface area contributed by atoms with Crippen LogP contribution in [0.3, 0.4) is 0 Å². The van der Waals surface area contributed by atoms with Crippen LogP contribution in [0.5, 0.6) is 0 Å². The van der Waals surface area contributed by atoms with E-state index in [1.165, 1.54) is 10.4 Å². The highest BCUT2D eigenvalue weighted by atomic mass is 32.2. The van der Waals surface area contributed by atoms with Crippen molar-refractivity contribution in [2.75, 3.05) is 25.0 Å². The molecule has 2 saturated heterocycles. The van der Waals surface area contributed by atoms with E-state index in [2.05, 4.69) is 5.32 Å². The smallest absolute Gasteiger partial charge is 0.243 e. The Morgan fingerprint density at radius 1 is 1.22 bits per heavy atom. The van der Waals surface area contributed by atoms with Crippen molar-refractivity contribution in [1.82, 2.24) is 9.21 Å². The highest BCUT2D eigenvalue weighted by molar-refractivity contribution is 7.89. The number of nitrogens with one attached hydrogen (secondary N) is 1. The van der Waals surface area contributed by atoms with Crippen molar-refractivity contribution < 1.29 is 18.0 Å². The third kappa shape index (κ3) is 4.01. The van der Waals surface area contributed by atoms with Gasteiger partial charge in [-0.25, -0.2) is 8.42 Å². The first-order valence-corrected chi connectivity index (χ1v) is 10.9. The van der Waals surface area contributed by atoms with Gasteiger partial charge in [-0.2, -0.15) is 4.31 Å². The second-order valence-corrected chi connectivity index (χ2v) is 9.53. The lowest BCUT2D eigenvalue weighted by atomic mass is 10.1. The maximum atomic E-state index is 12.9. The molecule has 0 saturated carbocycles. The molecule has 2 heterocycles. The fourth-order valence-electron chi connectivity index (χ4n) is 3.67. The number of likely N-dealkylation sites (tertiary alicyclic amines) is 1. The quantitative estimate of drug-likeness (QED) is 0.829. The van der Waals surface area contributed by atoms with Gasteiger partial charge in [0.1, 0.15) is 0 Å². The topological polar surface area (TPSA) is 86.8 Å². The summed E-state index contributed by atoms with van der Waals surface area (Å²) in [5, 5.41) is 2.79. The molecular formula is C19H27N3O4S. The Hall–Kier alpha value is -1.93. The van der Waals surface area contributed by atoms with Crippen LogP contribution in [0, 0.1) is 12.8 Å². The molecule has 0 unspecified atom stereocenters. The molecule has 148 valence electrons. The molecule has 2 aliphatic rings. The maximum Gasteiger partial charge on any atom is 0.243 e. The van der Waals surface area contributed by atoms with Gasteiger partial charge in [0, 0.05) is 37.8 Å². The van der Waals surface area contributed by atoms with Crippen molar-refractivity contribution in [1.29, 1.82) is 0 Å². The van der Waals surface area contributed by atoms with Crippen molar-refractivity contribution in [2.45, 2.75) is 51.0 Å². The van der Waals surface area contributed by atoms with E-state index in [-0.39, 0.29) is 29.2 Å². The van der Waals surface area contributed by atoms with Crippen LogP contribution in [0.15, 0.2) is 23.1 Å². The average Bonchev–Trinajstić information content (AvgIpc) is 3.26. The normalized spacial score (nSPS) is 21.3. The summed E-state index contributed by atoms with van der Waals surface area (Å²) in [6, 6.07) is 5.00. The van der Waals surface area contributed by atoms with Crippen molar-refractivity contribution >= 4 is 27.5 Å². The van der Waals surface area contributed by atoms with Gasteiger partial charge < -0.3 is 10.2 Å². The van der Waals surface area contributed by atoms with Crippen molar-refractivity contribution in [3.63, 3.8) is 0 Å². The molecule has 7 nitrogen and oxygen atoms in total. The van der Waals surface area contributed by atoms with Gasteiger partial charge in [-0.1, -0.05) is 6.07 Å². The zero-order valence-electron chi connectivity index (χ0n) is 16.1. The zero-order valence-corrected chi connectivity index (χ0v) is 16.9. The number of rotatable bonds is 5. The molecule has 1 aromatic carbocycles. The second kappa shape index (κ2) is 7.59. The number of hydrogen-bond acceptors (Lipinski definition) is 4. The molecule has 2 aliphatic heterocycles. The Morgan fingerprint density at radius 3 is 2.48 bits per heavy atom. The van der Waals surface area contributed by atoms with Crippen LogP contribution in [-0.4, -0.2) is 55.1 Å². The number of anilines is 1. The Balaban J connectivity index is 1.77. The molecule has 8 heteroatoms. The first kappa shape index (κ1) is 19.8. The van der Waals surface area contributed by atoms with Crippen LogP contribution < -0.4 is 5.32 Å². The molecule has 1 N–H and O–H groups in total. The third-order valence-corrected chi connectivity index (χ3v) is 7.33. The Bertz CT molecular complexity index is 845. The van der Waals surface area contributed by atoms with E-state index in [9.17, 15) is 18.0 Å². The van der Waals surface area contributed by atoms with Crippen molar-refractivity contribution in [3.05, 3.63) is 23.8 Å². The Labute approximate surface area is 160 Å². The van der Waals surface area contributed by atoms with Crippen molar-refractivity contribution in [2.24, 2.45) is 5.92 Å². The van der Waals surface area contributed by atoms with Crippen LogP contribution in [0.1, 0.15) is 38.7 Å². The van der Waals surface area contributed by atoms with Gasteiger partial charge in [0.05, 0.1) is 10.8 Å². The van der Waals surface area contributed by atoms with E-state index in [1.54, 1.807) is 24.0 Å². The lowest BCUT2D eigenvalue weighted by Crippen LogP contribution is -2.33. The summed E-state index contributed by atoms with van der Waals surface area (Å²) in [7, 11) is -3.56. The van der Waals surface area contributed by atoms with Gasteiger partial charge in [-0.15, -0.1) is 0 Å². The number of carbonyl (C=O) groups excluding carboxylic acids is 2. The SMILES string of the molecule is Cc1ccc(NC(=O)[C@H]2CC(=O)N(C(C)C)C2)cc1S(=O)(=O)N1CCCC1. The summed E-state index contributed by atoms with van der Waals surface area (Å²) in [4.78, 5) is 26.5. The van der Waals surface area contributed by atoms with E-state index in [0.717, 1.165) is 12.8 Å². The highest BCUT2D eigenvalue weighted by Crippen LogP contribution is 2.27. The number of aryl methyl sites for hydroxylation is 1. The van der Waals surface area contributed by atoms with Gasteiger partial charge in [0.25, 0.3) is 0 Å². The number of amides is 2. The zero-order chi connectivity index (χ0) is 19.8. The van der Waals surface area contributed by atoms with E-state index in [0.29, 0.717) is 30.9 Å². The van der Waals surface area contributed by atoms with E-state index >= 15 is 0 Å². The van der Waals surface area contributed by atoms with Gasteiger partial charge in [0.2, 0.25) is 21.8 Å². The van der Waals surface area contributed by atoms with Gasteiger partial charge >= 0.3 is 0 Å². The number of carbonyl (C=O) groups is 2. The molecule has 0 aliphatic carbocycles. The summed E-state index contributed by atoms with van der Waals surface area (Å²) in [5.41, 5.74) is 1.10. The Morgan fingerprint density at radius 2 is 1.89 bits per heavy atom. The van der Waals surface area contributed by atoms with E-state index < -0.39 is 15.9 Å². The summed E-state index contributed by atoms with van der Waals surface area (Å²) in [5.74, 6) is -0.689. The molecule has 2 amide bonds. The number of sulfonamides is 1. The van der Waals surface area contributed by atoms with E-state index in [4.69, 9.17) is 0 Å². The van der Waals surface area contributed by atoms with Crippen LogP contribution in [0.2, 0.25) is 0 Å². The molecule has 2 fully saturated rings. The summed E-state index contributed by atoms with van der Waals surface area (Å²) in [6.07, 6.45) is 1.93.